The van der Waals surface area contributed by atoms with Crippen LogP contribution in [0.15, 0.2) is 34.2 Å². The summed E-state index contributed by atoms with van der Waals surface area (Å²) in [5.41, 5.74) is 0.281. The molecule has 8 nitrogen and oxygen atoms in total. The molecule has 0 spiro atoms. The van der Waals surface area contributed by atoms with Crippen molar-refractivity contribution in [1.29, 1.82) is 0 Å². The van der Waals surface area contributed by atoms with E-state index in [0.717, 1.165) is 5.75 Å². The Balaban J connectivity index is 1.95. The molecule has 0 aromatic heterocycles. The maximum absolute atomic E-state index is 12.4. The molecule has 0 atom stereocenters. The summed E-state index contributed by atoms with van der Waals surface area (Å²) in [6.45, 7) is 4.78. The van der Waals surface area contributed by atoms with Crippen LogP contribution in [0.2, 0.25) is 0 Å². The first-order valence-corrected chi connectivity index (χ1v) is 10.7. The average Bonchev–Trinajstić information content (AvgIpc) is 3.13. The van der Waals surface area contributed by atoms with Gasteiger partial charge in [0, 0.05) is 24.4 Å². The van der Waals surface area contributed by atoms with Gasteiger partial charge in [-0.1, -0.05) is 25.6 Å². The van der Waals surface area contributed by atoms with Crippen LogP contribution in [0.3, 0.4) is 0 Å². The van der Waals surface area contributed by atoms with Gasteiger partial charge < -0.3 is 10.6 Å². The van der Waals surface area contributed by atoms with Crippen molar-refractivity contribution in [3.8, 4) is 0 Å². The maximum atomic E-state index is 12.4. The molecule has 0 saturated carbocycles. The third kappa shape index (κ3) is 5.05. The molecule has 1 heterocycles. The van der Waals surface area contributed by atoms with E-state index in [0.29, 0.717) is 24.8 Å². The van der Waals surface area contributed by atoms with Gasteiger partial charge in [0.05, 0.1) is 18.0 Å². The van der Waals surface area contributed by atoms with Gasteiger partial charge in [-0.05, 0) is 24.3 Å². The molecule has 1 aromatic rings. The van der Waals surface area contributed by atoms with Gasteiger partial charge in [-0.3, -0.25) is 14.6 Å². The summed E-state index contributed by atoms with van der Waals surface area (Å²) < 4.78 is 26.2. The van der Waals surface area contributed by atoms with Gasteiger partial charge in [0.2, 0.25) is 15.9 Å². The first-order valence-electron chi connectivity index (χ1n) is 8.24. The summed E-state index contributed by atoms with van der Waals surface area (Å²) in [5, 5.41) is 5.68. The van der Waals surface area contributed by atoms with E-state index in [2.05, 4.69) is 15.6 Å². The average molecular weight is 399 g/mol. The number of nitrogens with one attached hydrogen (secondary N) is 2. The lowest BCUT2D eigenvalue weighted by atomic mass is 10.2. The van der Waals surface area contributed by atoms with Crippen LogP contribution in [0.1, 0.15) is 24.2 Å². The van der Waals surface area contributed by atoms with Gasteiger partial charge in [-0.15, -0.1) is 0 Å². The molecule has 1 aromatic carbocycles. The fraction of sp³-hybridized carbons (Fsp3) is 0.438. The van der Waals surface area contributed by atoms with Crippen molar-refractivity contribution < 1.29 is 18.0 Å². The Morgan fingerprint density at radius 2 is 1.85 bits per heavy atom. The third-order valence-corrected chi connectivity index (χ3v) is 6.66. The number of sulfonamides is 1. The molecule has 1 aliphatic rings. The van der Waals surface area contributed by atoms with Crippen LogP contribution in [0, 0.1) is 0 Å². The highest BCUT2D eigenvalue weighted by Gasteiger charge is 2.21. The van der Waals surface area contributed by atoms with Crippen molar-refractivity contribution in [1.82, 2.24) is 14.9 Å². The number of amides is 2. The van der Waals surface area contributed by atoms with E-state index >= 15 is 0 Å². The van der Waals surface area contributed by atoms with Crippen LogP contribution in [-0.2, 0) is 14.8 Å². The van der Waals surface area contributed by atoms with Crippen LogP contribution < -0.4 is 10.6 Å². The lowest BCUT2D eigenvalue weighted by Gasteiger charge is -2.18. The van der Waals surface area contributed by atoms with Crippen LogP contribution in [-0.4, -0.2) is 61.6 Å². The van der Waals surface area contributed by atoms with Crippen molar-refractivity contribution in [2.24, 2.45) is 4.99 Å². The number of aliphatic imine (C=N–C) groups is 1. The van der Waals surface area contributed by atoms with Crippen LogP contribution in [0.25, 0.3) is 0 Å². The van der Waals surface area contributed by atoms with E-state index in [1.54, 1.807) is 13.8 Å². The van der Waals surface area contributed by atoms with Crippen LogP contribution in [0.5, 0.6) is 0 Å². The fourth-order valence-corrected chi connectivity index (χ4v) is 4.53. The van der Waals surface area contributed by atoms with Gasteiger partial charge in [0.1, 0.15) is 0 Å². The second kappa shape index (κ2) is 9.15. The number of nitrogens with zero attached hydrogens (tertiary/aromatic N) is 2. The fourth-order valence-electron chi connectivity index (χ4n) is 2.33. The lowest BCUT2D eigenvalue weighted by molar-refractivity contribution is -0.118. The van der Waals surface area contributed by atoms with E-state index in [1.165, 1.54) is 40.3 Å². The highest BCUT2D eigenvalue weighted by atomic mass is 32.2. The highest BCUT2D eigenvalue weighted by Crippen LogP contribution is 2.16. The van der Waals surface area contributed by atoms with Gasteiger partial charge in [-0.2, -0.15) is 4.31 Å². The predicted molar refractivity (Wildman–Crippen MR) is 102 cm³/mol. The Morgan fingerprint density at radius 3 is 2.38 bits per heavy atom. The molecule has 0 fully saturated rings. The Labute approximate surface area is 157 Å². The number of carbonyl (C=O) groups is 2. The molecular formula is C16H22N4O4S2. The van der Waals surface area contributed by atoms with Crippen LogP contribution in [0.4, 0.5) is 0 Å². The SMILES string of the molecule is CCN(CC)S(=O)(=O)c1ccc(C(=O)NCC(=O)NC2=NCCS2)cc1. The second-order valence-corrected chi connectivity index (χ2v) is 8.40. The van der Waals surface area contributed by atoms with E-state index in [4.69, 9.17) is 0 Å². The monoisotopic (exact) mass is 398 g/mol. The molecule has 2 rings (SSSR count). The zero-order valence-corrected chi connectivity index (χ0v) is 16.3. The lowest BCUT2D eigenvalue weighted by Crippen LogP contribution is -2.38. The zero-order valence-electron chi connectivity index (χ0n) is 14.7. The van der Waals surface area contributed by atoms with E-state index < -0.39 is 15.9 Å². The Morgan fingerprint density at radius 1 is 1.19 bits per heavy atom. The first kappa shape index (κ1) is 20.4. The Kier molecular flexibility index (Phi) is 7.18. The van der Waals surface area contributed by atoms with Gasteiger partial charge in [0.15, 0.2) is 5.17 Å². The summed E-state index contributed by atoms with van der Waals surface area (Å²) in [6.07, 6.45) is 0. The van der Waals surface area contributed by atoms with Crippen molar-refractivity contribution in [3.63, 3.8) is 0 Å². The standard InChI is InChI=1S/C16H22N4O4S2/c1-3-20(4-2)26(23,24)13-7-5-12(6-8-13)15(22)18-11-14(21)19-16-17-9-10-25-16/h5-8H,3-4,9-11H2,1-2H3,(H,18,22)(H,17,19,21). The van der Waals surface area contributed by atoms with Crippen molar-refractivity contribution >= 4 is 38.8 Å². The molecule has 0 saturated heterocycles. The van der Waals surface area contributed by atoms with Gasteiger partial charge in [-0.25, -0.2) is 8.42 Å². The molecule has 10 heteroatoms. The van der Waals surface area contributed by atoms with E-state index in [-0.39, 0.29) is 22.9 Å². The molecule has 26 heavy (non-hydrogen) atoms. The molecule has 1 aliphatic heterocycles. The summed E-state index contributed by atoms with van der Waals surface area (Å²) in [4.78, 5) is 28.1. The van der Waals surface area contributed by atoms with Crippen molar-refractivity contribution in [2.45, 2.75) is 18.7 Å². The van der Waals surface area contributed by atoms with E-state index in [9.17, 15) is 18.0 Å². The smallest absolute Gasteiger partial charge is 0.251 e. The Bertz CT molecular complexity index is 787. The number of hydrogen-bond donors (Lipinski definition) is 2. The number of rotatable bonds is 7. The van der Waals surface area contributed by atoms with Crippen molar-refractivity contribution in [3.05, 3.63) is 29.8 Å². The third-order valence-electron chi connectivity index (χ3n) is 3.70. The molecule has 0 unspecified atom stereocenters. The normalized spacial score (nSPS) is 14.2. The minimum atomic E-state index is -3.56. The van der Waals surface area contributed by atoms with Gasteiger partial charge >= 0.3 is 0 Å². The largest absolute Gasteiger partial charge is 0.343 e. The minimum Gasteiger partial charge on any atom is -0.343 e. The molecule has 0 radical (unpaired) electrons. The molecule has 2 N–H and O–H groups in total. The summed E-state index contributed by atoms with van der Waals surface area (Å²) in [5.74, 6) is 0.0326. The summed E-state index contributed by atoms with van der Waals surface area (Å²) in [7, 11) is -3.56. The second-order valence-electron chi connectivity index (χ2n) is 5.38. The quantitative estimate of drug-likeness (QED) is 0.702. The number of thioether (sulfide) groups is 1. The summed E-state index contributed by atoms with van der Waals surface area (Å²) in [6, 6.07) is 5.65. The highest BCUT2D eigenvalue weighted by molar-refractivity contribution is 8.14. The topological polar surface area (TPSA) is 108 Å². The minimum absolute atomic E-state index is 0.131. The first-order chi connectivity index (χ1) is 12.4. The molecule has 2 amide bonds. The summed E-state index contributed by atoms with van der Waals surface area (Å²) >= 11 is 1.46. The zero-order chi connectivity index (χ0) is 19.2. The predicted octanol–water partition coefficient (Wildman–Crippen LogP) is 0.666. The number of amidine groups is 1. The molecular weight excluding hydrogens is 376 g/mol. The molecule has 0 aliphatic carbocycles. The number of carbonyl (C=O) groups excluding carboxylic acids is 2. The molecule has 0 bridgehead atoms. The van der Waals surface area contributed by atoms with Gasteiger partial charge in [0.25, 0.3) is 5.91 Å². The van der Waals surface area contributed by atoms with Crippen molar-refractivity contribution in [2.75, 3.05) is 31.9 Å². The maximum Gasteiger partial charge on any atom is 0.251 e. The number of hydrogen-bond acceptors (Lipinski definition) is 6. The Hall–Kier alpha value is -1.91. The number of benzene rings is 1. The molecule has 142 valence electrons. The van der Waals surface area contributed by atoms with E-state index in [1.807, 2.05) is 0 Å². The van der Waals surface area contributed by atoms with Crippen LogP contribution >= 0.6 is 11.8 Å².